The summed E-state index contributed by atoms with van der Waals surface area (Å²) in [6, 6.07) is 9.48. The molecule has 0 unspecified atom stereocenters. The first kappa shape index (κ1) is 19.2. The number of benzene rings is 2. The van der Waals surface area contributed by atoms with Crippen LogP contribution in [0.5, 0.6) is 0 Å². The van der Waals surface area contributed by atoms with Gasteiger partial charge in [0.1, 0.15) is 5.52 Å². The average Bonchev–Trinajstić information content (AvgIpc) is 3.64. The highest BCUT2D eigenvalue weighted by molar-refractivity contribution is 6.36. The Balaban J connectivity index is 1.57. The summed E-state index contributed by atoms with van der Waals surface area (Å²) in [4.78, 5) is 7.10. The van der Waals surface area contributed by atoms with E-state index in [4.69, 9.17) is 39.8 Å². The van der Waals surface area contributed by atoms with Crippen molar-refractivity contribution >= 4 is 57.5 Å². The minimum Gasteiger partial charge on any atom is -0.385 e. The van der Waals surface area contributed by atoms with E-state index in [2.05, 4.69) is 9.47 Å². The maximum absolute atomic E-state index is 11.9. The molecule has 2 fully saturated rings. The Hall–Kier alpha value is -1.46. The standard InChI is InChI=1S/C23H22Cl3N3O/c24-15-6-9-19(18(26)12-15)28-10-1-11-29-21-16(7-8-17(25)20(21)27-22(28)29)23(30,13-2-3-13)14-4-5-14/h6-9,12-14,30H,1-5,10-11H2. The molecule has 0 amide bonds. The first-order chi connectivity index (χ1) is 14.5. The smallest absolute Gasteiger partial charge is 0.211 e. The molecule has 2 aliphatic carbocycles. The fraction of sp³-hybridized carbons (Fsp3) is 0.435. The van der Waals surface area contributed by atoms with E-state index in [1.165, 1.54) is 0 Å². The van der Waals surface area contributed by atoms with Crippen LogP contribution in [0.1, 0.15) is 37.7 Å². The molecule has 1 aromatic heterocycles. The number of anilines is 2. The summed E-state index contributed by atoms with van der Waals surface area (Å²) in [5, 5.41) is 13.7. The van der Waals surface area contributed by atoms with Gasteiger partial charge in [0.25, 0.3) is 0 Å². The van der Waals surface area contributed by atoms with Crippen molar-refractivity contribution in [1.82, 2.24) is 9.55 Å². The molecule has 156 valence electrons. The lowest BCUT2D eigenvalue weighted by Gasteiger charge is -2.32. The van der Waals surface area contributed by atoms with Gasteiger partial charge in [0.15, 0.2) is 0 Å². The third kappa shape index (κ3) is 2.81. The van der Waals surface area contributed by atoms with E-state index in [0.29, 0.717) is 26.9 Å². The third-order valence-corrected chi connectivity index (χ3v) is 7.70. The fourth-order valence-electron chi connectivity index (χ4n) is 5.17. The Bertz CT molecular complexity index is 1150. The molecule has 2 aromatic carbocycles. The molecular formula is C23H22Cl3N3O. The van der Waals surface area contributed by atoms with Gasteiger partial charge in [-0.3, -0.25) is 0 Å². The van der Waals surface area contributed by atoms with E-state index in [1.54, 1.807) is 6.07 Å². The van der Waals surface area contributed by atoms with Crippen LogP contribution in [-0.2, 0) is 12.1 Å². The SMILES string of the molecule is OC(c1ccc(Cl)c2nc3n(c12)CCCN3c1ccc(Cl)cc1Cl)(C1CC1)C1CC1. The molecule has 0 atom stereocenters. The van der Waals surface area contributed by atoms with Crippen LogP contribution in [0.4, 0.5) is 11.6 Å². The number of aromatic nitrogens is 2. The van der Waals surface area contributed by atoms with Gasteiger partial charge in [0.05, 0.1) is 26.9 Å². The lowest BCUT2D eigenvalue weighted by Crippen LogP contribution is -2.33. The van der Waals surface area contributed by atoms with Gasteiger partial charge in [-0.25, -0.2) is 4.98 Å². The molecule has 1 aliphatic heterocycles. The Morgan fingerprint density at radius 3 is 2.33 bits per heavy atom. The van der Waals surface area contributed by atoms with Crippen molar-refractivity contribution in [1.29, 1.82) is 0 Å². The molecule has 3 aliphatic rings. The number of halogens is 3. The van der Waals surface area contributed by atoms with Crippen molar-refractivity contribution in [3.63, 3.8) is 0 Å². The van der Waals surface area contributed by atoms with Crippen molar-refractivity contribution in [2.24, 2.45) is 11.8 Å². The summed E-state index contributed by atoms with van der Waals surface area (Å²) in [6.45, 7) is 1.65. The highest BCUT2D eigenvalue weighted by Crippen LogP contribution is 2.59. The first-order valence-electron chi connectivity index (χ1n) is 10.6. The number of imidazole rings is 1. The zero-order valence-electron chi connectivity index (χ0n) is 16.4. The van der Waals surface area contributed by atoms with Crippen molar-refractivity contribution in [3.8, 4) is 0 Å². The van der Waals surface area contributed by atoms with E-state index in [9.17, 15) is 5.11 Å². The van der Waals surface area contributed by atoms with Crippen molar-refractivity contribution in [2.75, 3.05) is 11.4 Å². The van der Waals surface area contributed by atoms with E-state index < -0.39 is 5.60 Å². The second-order valence-corrected chi connectivity index (χ2v) is 10.1. The van der Waals surface area contributed by atoms with Gasteiger partial charge in [0, 0.05) is 23.7 Å². The maximum atomic E-state index is 11.9. The minimum absolute atomic E-state index is 0.339. The zero-order valence-corrected chi connectivity index (χ0v) is 18.7. The van der Waals surface area contributed by atoms with E-state index in [-0.39, 0.29) is 0 Å². The molecule has 1 N–H and O–H groups in total. The van der Waals surface area contributed by atoms with Crippen LogP contribution in [0.3, 0.4) is 0 Å². The van der Waals surface area contributed by atoms with Crippen molar-refractivity contribution in [3.05, 3.63) is 51.0 Å². The molecule has 0 spiro atoms. The van der Waals surface area contributed by atoms with Gasteiger partial charge in [-0.05, 0) is 68.2 Å². The van der Waals surface area contributed by atoms with Crippen LogP contribution in [-0.4, -0.2) is 21.2 Å². The largest absolute Gasteiger partial charge is 0.385 e. The molecule has 30 heavy (non-hydrogen) atoms. The van der Waals surface area contributed by atoms with Gasteiger partial charge in [0.2, 0.25) is 5.95 Å². The maximum Gasteiger partial charge on any atom is 0.211 e. The summed E-state index contributed by atoms with van der Waals surface area (Å²) >= 11 is 19.3. The average molecular weight is 463 g/mol. The highest BCUT2D eigenvalue weighted by Gasteiger charge is 2.55. The lowest BCUT2D eigenvalue weighted by molar-refractivity contribution is -0.00907. The predicted octanol–water partition coefficient (Wildman–Crippen LogP) is 6.55. The van der Waals surface area contributed by atoms with Gasteiger partial charge in [-0.1, -0.05) is 40.9 Å². The topological polar surface area (TPSA) is 41.3 Å². The van der Waals surface area contributed by atoms with Crippen LogP contribution in [0.25, 0.3) is 11.0 Å². The Labute approximate surface area is 190 Å². The second-order valence-electron chi connectivity index (χ2n) is 8.83. The van der Waals surface area contributed by atoms with Crippen LogP contribution in [0, 0.1) is 11.8 Å². The molecular weight excluding hydrogens is 441 g/mol. The molecule has 0 saturated heterocycles. The van der Waals surface area contributed by atoms with Crippen molar-refractivity contribution < 1.29 is 5.11 Å². The molecule has 7 heteroatoms. The molecule has 0 bridgehead atoms. The zero-order chi connectivity index (χ0) is 20.6. The molecule has 2 saturated carbocycles. The highest BCUT2D eigenvalue weighted by atomic mass is 35.5. The summed E-state index contributed by atoms with van der Waals surface area (Å²) in [5.41, 5.74) is 2.85. The first-order valence-corrected chi connectivity index (χ1v) is 11.8. The van der Waals surface area contributed by atoms with Gasteiger partial charge >= 0.3 is 0 Å². The molecule has 6 rings (SSSR count). The quantitative estimate of drug-likeness (QED) is 0.478. The second kappa shape index (κ2) is 6.77. The number of nitrogens with zero attached hydrogens (tertiary/aromatic N) is 3. The Morgan fingerprint density at radius 1 is 0.933 bits per heavy atom. The number of fused-ring (bicyclic) bond motifs is 3. The number of aryl methyl sites for hydroxylation is 1. The number of hydrogen-bond acceptors (Lipinski definition) is 3. The fourth-order valence-corrected chi connectivity index (χ4v) is 5.88. The van der Waals surface area contributed by atoms with E-state index >= 15 is 0 Å². The molecule has 0 radical (unpaired) electrons. The number of hydrogen-bond donors (Lipinski definition) is 1. The van der Waals surface area contributed by atoms with Gasteiger partial charge in [-0.2, -0.15) is 0 Å². The Kier molecular flexibility index (Phi) is 4.34. The molecule has 4 nitrogen and oxygen atoms in total. The van der Waals surface area contributed by atoms with Crippen LogP contribution >= 0.6 is 34.8 Å². The summed E-state index contributed by atoms with van der Waals surface area (Å²) in [5.74, 6) is 1.50. The van der Waals surface area contributed by atoms with Crippen LogP contribution in [0.2, 0.25) is 15.1 Å². The van der Waals surface area contributed by atoms with Crippen LogP contribution < -0.4 is 4.90 Å². The Morgan fingerprint density at radius 2 is 1.67 bits per heavy atom. The van der Waals surface area contributed by atoms with E-state index in [0.717, 1.165) is 73.4 Å². The number of aliphatic hydroxyl groups is 1. The van der Waals surface area contributed by atoms with Gasteiger partial charge < -0.3 is 14.6 Å². The number of rotatable bonds is 4. The normalized spacial score (nSPS) is 19.4. The monoisotopic (exact) mass is 461 g/mol. The third-order valence-electron chi connectivity index (χ3n) is 6.86. The molecule has 2 heterocycles. The summed E-state index contributed by atoms with van der Waals surface area (Å²) < 4.78 is 2.22. The summed E-state index contributed by atoms with van der Waals surface area (Å²) in [7, 11) is 0. The lowest BCUT2D eigenvalue weighted by atomic mass is 9.83. The van der Waals surface area contributed by atoms with E-state index in [1.807, 2.05) is 24.3 Å². The summed E-state index contributed by atoms with van der Waals surface area (Å²) in [6.07, 6.45) is 5.30. The van der Waals surface area contributed by atoms with Crippen LogP contribution in [0.15, 0.2) is 30.3 Å². The minimum atomic E-state index is -0.778. The predicted molar refractivity (Wildman–Crippen MR) is 122 cm³/mol. The van der Waals surface area contributed by atoms with Crippen molar-refractivity contribution in [2.45, 2.75) is 44.2 Å². The molecule has 3 aromatic rings. The van der Waals surface area contributed by atoms with Gasteiger partial charge in [-0.15, -0.1) is 0 Å².